The molecule has 3 rings (SSSR count). The van der Waals surface area contributed by atoms with Gasteiger partial charge in [-0.2, -0.15) is 0 Å². The number of nitrogens with zero attached hydrogens (tertiary/aromatic N) is 1. The molecule has 0 saturated carbocycles. The lowest BCUT2D eigenvalue weighted by Crippen LogP contribution is -1.87. The summed E-state index contributed by atoms with van der Waals surface area (Å²) in [5, 5.41) is 10.3. The topological polar surface area (TPSA) is 58.1 Å². The zero-order chi connectivity index (χ0) is 13.4. The van der Waals surface area contributed by atoms with Gasteiger partial charge in [-0.15, -0.1) is 0 Å². The van der Waals surface area contributed by atoms with Crippen LogP contribution in [0.5, 0.6) is 11.5 Å². The van der Waals surface area contributed by atoms with Crippen molar-refractivity contribution in [3.8, 4) is 22.9 Å². The molecule has 1 aromatic heterocycles. The standard InChI is InChI=1S/C14H11ClN2O2/c1-19-11-7-6-8(13(18)12(11)15)14-16-9-4-2-3-5-10(9)17-14/h2-7,18H,1H3,(H,16,17). The molecule has 0 radical (unpaired) electrons. The Morgan fingerprint density at radius 1 is 1.21 bits per heavy atom. The van der Waals surface area contributed by atoms with Gasteiger partial charge in [0.1, 0.15) is 22.3 Å². The maximum atomic E-state index is 10.1. The van der Waals surface area contributed by atoms with Gasteiger partial charge in [-0.25, -0.2) is 4.98 Å². The Morgan fingerprint density at radius 2 is 2.00 bits per heavy atom. The molecule has 0 spiro atoms. The second kappa shape index (κ2) is 4.48. The number of H-pyrrole nitrogens is 1. The molecule has 5 heteroatoms. The second-order valence-corrected chi connectivity index (χ2v) is 4.46. The quantitative estimate of drug-likeness (QED) is 0.751. The van der Waals surface area contributed by atoms with Gasteiger partial charge in [0.25, 0.3) is 0 Å². The number of aromatic nitrogens is 2. The van der Waals surface area contributed by atoms with E-state index >= 15 is 0 Å². The smallest absolute Gasteiger partial charge is 0.148 e. The summed E-state index contributed by atoms with van der Waals surface area (Å²) < 4.78 is 5.05. The van der Waals surface area contributed by atoms with Crippen molar-refractivity contribution in [2.24, 2.45) is 0 Å². The number of imidazole rings is 1. The third kappa shape index (κ3) is 1.90. The van der Waals surface area contributed by atoms with Crippen LogP contribution in [0.25, 0.3) is 22.4 Å². The Kier molecular flexibility index (Phi) is 2.80. The van der Waals surface area contributed by atoms with E-state index in [-0.39, 0.29) is 10.8 Å². The minimum absolute atomic E-state index is 0.0416. The number of benzene rings is 2. The van der Waals surface area contributed by atoms with Crippen molar-refractivity contribution >= 4 is 22.6 Å². The van der Waals surface area contributed by atoms with Gasteiger partial charge in [0, 0.05) is 0 Å². The molecule has 2 N–H and O–H groups in total. The summed E-state index contributed by atoms with van der Waals surface area (Å²) in [6.07, 6.45) is 0. The largest absolute Gasteiger partial charge is 0.505 e. The maximum absolute atomic E-state index is 10.1. The molecule has 0 saturated heterocycles. The Bertz CT molecular complexity index is 719. The number of nitrogens with one attached hydrogen (secondary N) is 1. The predicted molar refractivity (Wildman–Crippen MR) is 74.8 cm³/mol. The molecule has 96 valence electrons. The first-order valence-electron chi connectivity index (χ1n) is 5.71. The van der Waals surface area contributed by atoms with Gasteiger partial charge in [-0.3, -0.25) is 0 Å². The van der Waals surface area contributed by atoms with E-state index in [9.17, 15) is 5.11 Å². The Labute approximate surface area is 114 Å². The van der Waals surface area contributed by atoms with Crippen LogP contribution in [0.2, 0.25) is 5.02 Å². The molecule has 19 heavy (non-hydrogen) atoms. The van der Waals surface area contributed by atoms with Gasteiger partial charge in [0.2, 0.25) is 0 Å². The van der Waals surface area contributed by atoms with E-state index in [0.29, 0.717) is 17.1 Å². The number of hydrogen-bond acceptors (Lipinski definition) is 3. The molecule has 1 heterocycles. The van der Waals surface area contributed by atoms with Crippen LogP contribution in [0.3, 0.4) is 0 Å². The van der Waals surface area contributed by atoms with Crippen molar-refractivity contribution in [2.45, 2.75) is 0 Å². The molecule has 0 fully saturated rings. The van der Waals surface area contributed by atoms with E-state index < -0.39 is 0 Å². The zero-order valence-electron chi connectivity index (χ0n) is 10.1. The third-order valence-electron chi connectivity index (χ3n) is 2.95. The molecule has 2 aromatic carbocycles. The van der Waals surface area contributed by atoms with Crippen molar-refractivity contribution in [1.82, 2.24) is 9.97 Å². The molecular weight excluding hydrogens is 264 g/mol. The molecule has 0 bridgehead atoms. The van der Waals surface area contributed by atoms with Crippen molar-refractivity contribution in [3.05, 3.63) is 41.4 Å². The Morgan fingerprint density at radius 3 is 2.74 bits per heavy atom. The normalized spacial score (nSPS) is 10.8. The average molecular weight is 275 g/mol. The summed E-state index contributed by atoms with van der Waals surface area (Å²) in [6.45, 7) is 0. The third-order valence-corrected chi connectivity index (χ3v) is 3.31. The van der Waals surface area contributed by atoms with Crippen LogP contribution in [0.15, 0.2) is 36.4 Å². The molecule has 0 aliphatic heterocycles. The van der Waals surface area contributed by atoms with E-state index in [2.05, 4.69) is 9.97 Å². The van der Waals surface area contributed by atoms with Crippen LogP contribution in [0, 0.1) is 0 Å². The number of rotatable bonds is 2. The predicted octanol–water partition coefficient (Wildman–Crippen LogP) is 3.60. The molecule has 3 aromatic rings. The fraction of sp³-hybridized carbons (Fsp3) is 0.0714. The highest BCUT2D eigenvalue weighted by Crippen LogP contribution is 2.40. The SMILES string of the molecule is COc1ccc(-c2nc3ccccc3[nH]2)c(O)c1Cl. The number of methoxy groups -OCH3 is 1. The zero-order valence-corrected chi connectivity index (χ0v) is 10.9. The molecular formula is C14H11ClN2O2. The van der Waals surface area contributed by atoms with Crippen molar-refractivity contribution in [1.29, 1.82) is 0 Å². The number of ether oxygens (including phenoxy) is 1. The first-order valence-corrected chi connectivity index (χ1v) is 6.09. The second-order valence-electron chi connectivity index (χ2n) is 4.08. The molecule has 0 aliphatic carbocycles. The lowest BCUT2D eigenvalue weighted by Gasteiger charge is -2.07. The maximum Gasteiger partial charge on any atom is 0.148 e. The van der Waals surface area contributed by atoms with E-state index in [1.807, 2.05) is 24.3 Å². The number of aromatic hydroxyl groups is 1. The lowest BCUT2D eigenvalue weighted by molar-refractivity contribution is 0.408. The number of para-hydroxylation sites is 2. The van der Waals surface area contributed by atoms with E-state index in [1.54, 1.807) is 12.1 Å². The fourth-order valence-electron chi connectivity index (χ4n) is 1.98. The number of phenols is 1. The van der Waals surface area contributed by atoms with Gasteiger partial charge in [-0.05, 0) is 24.3 Å². The van der Waals surface area contributed by atoms with Crippen LogP contribution in [-0.2, 0) is 0 Å². The van der Waals surface area contributed by atoms with E-state index in [1.165, 1.54) is 7.11 Å². The van der Waals surface area contributed by atoms with Crippen molar-refractivity contribution in [3.63, 3.8) is 0 Å². The molecule has 0 unspecified atom stereocenters. The van der Waals surface area contributed by atoms with Gasteiger partial charge in [0.05, 0.1) is 23.7 Å². The molecule has 0 aliphatic rings. The fourth-order valence-corrected chi connectivity index (χ4v) is 2.22. The summed E-state index contributed by atoms with van der Waals surface area (Å²) in [6, 6.07) is 11.1. The highest BCUT2D eigenvalue weighted by molar-refractivity contribution is 6.34. The Balaban J connectivity index is 2.18. The summed E-state index contributed by atoms with van der Waals surface area (Å²) in [7, 11) is 1.50. The average Bonchev–Trinajstić information content (AvgIpc) is 2.85. The first kappa shape index (κ1) is 11.9. The van der Waals surface area contributed by atoms with Gasteiger partial charge in [0.15, 0.2) is 0 Å². The number of halogens is 1. The van der Waals surface area contributed by atoms with Crippen LogP contribution in [-0.4, -0.2) is 22.2 Å². The summed E-state index contributed by atoms with van der Waals surface area (Å²) in [5.74, 6) is 0.961. The number of fused-ring (bicyclic) bond motifs is 1. The highest BCUT2D eigenvalue weighted by Gasteiger charge is 2.15. The first-order chi connectivity index (χ1) is 9.20. The summed E-state index contributed by atoms with van der Waals surface area (Å²) in [5.41, 5.74) is 2.29. The molecule has 0 amide bonds. The minimum atomic E-state index is -0.0416. The summed E-state index contributed by atoms with van der Waals surface area (Å²) >= 11 is 6.03. The van der Waals surface area contributed by atoms with E-state index in [0.717, 1.165) is 11.0 Å². The Hall–Kier alpha value is -2.20. The molecule has 0 atom stereocenters. The van der Waals surface area contributed by atoms with Crippen LogP contribution in [0.4, 0.5) is 0 Å². The highest BCUT2D eigenvalue weighted by atomic mass is 35.5. The van der Waals surface area contributed by atoms with Crippen molar-refractivity contribution in [2.75, 3.05) is 7.11 Å². The number of hydrogen-bond donors (Lipinski definition) is 2. The molecule has 4 nitrogen and oxygen atoms in total. The number of phenolic OH excluding ortho intramolecular Hbond substituents is 1. The summed E-state index contributed by atoms with van der Waals surface area (Å²) in [4.78, 5) is 7.57. The number of aromatic amines is 1. The van der Waals surface area contributed by atoms with Gasteiger partial charge in [-0.1, -0.05) is 23.7 Å². The van der Waals surface area contributed by atoms with Crippen LogP contribution >= 0.6 is 11.6 Å². The van der Waals surface area contributed by atoms with Crippen LogP contribution < -0.4 is 4.74 Å². The van der Waals surface area contributed by atoms with Crippen molar-refractivity contribution < 1.29 is 9.84 Å². The lowest BCUT2D eigenvalue weighted by atomic mass is 10.2. The minimum Gasteiger partial charge on any atom is -0.505 e. The van der Waals surface area contributed by atoms with Crippen LogP contribution in [0.1, 0.15) is 0 Å². The van der Waals surface area contributed by atoms with Gasteiger partial charge < -0.3 is 14.8 Å². The monoisotopic (exact) mass is 274 g/mol. The van der Waals surface area contributed by atoms with Gasteiger partial charge >= 0.3 is 0 Å². The van der Waals surface area contributed by atoms with E-state index in [4.69, 9.17) is 16.3 Å².